The highest BCUT2D eigenvalue weighted by Gasteiger charge is 2.19. The highest BCUT2D eigenvalue weighted by molar-refractivity contribution is 5.94. The number of methoxy groups -OCH3 is 1. The number of ether oxygens (including phenoxy) is 1. The van der Waals surface area contributed by atoms with Crippen molar-refractivity contribution < 1.29 is 13.9 Å². The number of aromatic nitrogens is 2. The Bertz CT molecular complexity index is 1020. The van der Waals surface area contributed by atoms with Gasteiger partial charge in [-0.15, -0.1) is 0 Å². The first-order valence-corrected chi connectivity index (χ1v) is 8.56. The van der Waals surface area contributed by atoms with Gasteiger partial charge in [-0.25, -0.2) is 9.37 Å². The molecule has 1 amide bonds. The van der Waals surface area contributed by atoms with E-state index >= 15 is 0 Å². The fourth-order valence-electron chi connectivity index (χ4n) is 2.86. The molecule has 7 heteroatoms. The van der Waals surface area contributed by atoms with Crippen molar-refractivity contribution in [3.05, 3.63) is 76.1 Å². The number of nitrogens with zero attached hydrogens (tertiary/aromatic N) is 2. The maximum Gasteiger partial charge on any atom is 0.261 e. The van der Waals surface area contributed by atoms with Crippen LogP contribution in [0, 0.1) is 5.82 Å². The number of benzene rings is 2. The van der Waals surface area contributed by atoms with E-state index in [1.807, 2.05) is 0 Å². The Hall–Kier alpha value is -3.06. The first-order valence-electron chi connectivity index (χ1n) is 8.56. The minimum Gasteiger partial charge on any atom is -0.383 e. The van der Waals surface area contributed by atoms with Crippen LogP contribution in [-0.2, 0) is 11.3 Å². The molecule has 0 aliphatic rings. The van der Waals surface area contributed by atoms with Crippen LogP contribution in [-0.4, -0.2) is 29.2 Å². The predicted octanol–water partition coefficient (Wildman–Crippen LogP) is 2.67. The van der Waals surface area contributed by atoms with Crippen molar-refractivity contribution in [1.82, 2.24) is 14.9 Å². The van der Waals surface area contributed by atoms with Crippen LogP contribution in [0.5, 0.6) is 0 Å². The van der Waals surface area contributed by atoms with Crippen molar-refractivity contribution >= 4 is 16.8 Å². The van der Waals surface area contributed by atoms with Crippen LogP contribution >= 0.6 is 0 Å². The summed E-state index contributed by atoms with van der Waals surface area (Å²) in [6, 6.07) is 11.8. The molecule has 1 N–H and O–H groups in total. The van der Waals surface area contributed by atoms with Crippen molar-refractivity contribution in [2.75, 3.05) is 13.7 Å². The molecule has 6 nitrogen and oxygen atoms in total. The summed E-state index contributed by atoms with van der Waals surface area (Å²) < 4.78 is 19.7. The Labute approximate surface area is 155 Å². The number of carbonyl (C=O) groups is 1. The fraction of sp³-hybridized carbons (Fsp3) is 0.250. The van der Waals surface area contributed by atoms with Crippen molar-refractivity contribution in [3.63, 3.8) is 0 Å². The fourth-order valence-corrected chi connectivity index (χ4v) is 2.86. The summed E-state index contributed by atoms with van der Waals surface area (Å²) in [6.07, 6.45) is 0. The summed E-state index contributed by atoms with van der Waals surface area (Å²) in [7, 11) is 1.55. The standard InChI is InChI=1S/C20H20FN3O3/c1-13(22-19(25)14-7-9-15(21)10-8-14)18-23-17-6-4-3-5-16(17)20(26)24(18)11-12-27-2/h3-10,13H,11-12H2,1-2H3,(H,22,25). The van der Waals surface area contributed by atoms with E-state index in [1.165, 1.54) is 28.8 Å². The molecule has 1 atom stereocenters. The number of carbonyl (C=O) groups excluding carboxylic acids is 1. The molecule has 1 unspecified atom stereocenters. The number of fused-ring (bicyclic) bond motifs is 1. The summed E-state index contributed by atoms with van der Waals surface area (Å²) in [5.74, 6) is -0.349. The zero-order valence-corrected chi connectivity index (χ0v) is 15.1. The van der Waals surface area contributed by atoms with Crippen LogP contribution in [0.2, 0.25) is 0 Å². The van der Waals surface area contributed by atoms with Crippen LogP contribution in [0.25, 0.3) is 10.9 Å². The lowest BCUT2D eigenvalue weighted by Gasteiger charge is -2.19. The lowest BCUT2D eigenvalue weighted by molar-refractivity contribution is 0.0937. The topological polar surface area (TPSA) is 73.2 Å². The molecule has 140 valence electrons. The minimum absolute atomic E-state index is 0.185. The second-order valence-electron chi connectivity index (χ2n) is 6.14. The van der Waals surface area contributed by atoms with Gasteiger partial charge in [0, 0.05) is 12.7 Å². The molecule has 0 aliphatic heterocycles. The molecule has 3 rings (SSSR count). The highest BCUT2D eigenvalue weighted by Crippen LogP contribution is 2.15. The van der Waals surface area contributed by atoms with E-state index < -0.39 is 11.9 Å². The third kappa shape index (κ3) is 4.03. The molecule has 27 heavy (non-hydrogen) atoms. The van der Waals surface area contributed by atoms with Crippen molar-refractivity contribution in [2.24, 2.45) is 0 Å². The molecule has 0 bridgehead atoms. The number of hydrogen-bond donors (Lipinski definition) is 1. The van der Waals surface area contributed by atoms with Gasteiger partial charge in [0.25, 0.3) is 11.5 Å². The largest absolute Gasteiger partial charge is 0.383 e. The molecular weight excluding hydrogens is 349 g/mol. The minimum atomic E-state index is -0.531. The summed E-state index contributed by atoms with van der Waals surface area (Å²) in [5.41, 5.74) is 0.708. The van der Waals surface area contributed by atoms with Crippen molar-refractivity contribution in [3.8, 4) is 0 Å². The van der Waals surface area contributed by atoms with Gasteiger partial charge in [-0.3, -0.25) is 14.2 Å². The van der Waals surface area contributed by atoms with Crippen LogP contribution in [0.15, 0.2) is 53.3 Å². The number of para-hydroxylation sites is 1. The summed E-state index contributed by atoms with van der Waals surface area (Å²) >= 11 is 0. The van der Waals surface area contributed by atoms with E-state index in [9.17, 15) is 14.0 Å². The SMILES string of the molecule is COCCn1c(C(C)NC(=O)c2ccc(F)cc2)nc2ccccc2c1=O. The Morgan fingerprint density at radius 1 is 1.22 bits per heavy atom. The summed E-state index contributed by atoms with van der Waals surface area (Å²) in [4.78, 5) is 29.9. The maximum absolute atomic E-state index is 13.1. The molecule has 3 aromatic rings. The number of halogens is 1. The number of nitrogens with one attached hydrogen (secondary N) is 1. The molecule has 0 spiro atoms. The van der Waals surface area contributed by atoms with Gasteiger partial charge in [-0.2, -0.15) is 0 Å². The van der Waals surface area contributed by atoms with Gasteiger partial charge in [-0.1, -0.05) is 12.1 Å². The Balaban J connectivity index is 1.96. The number of amides is 1. The van der Waals surface area contributed by atoms with Crippen molar-refractivity contribution in [1.29, 1.82) is 0 Å². The molecule has 0 radical (unpaired) electrons. The van der Waals surface area contributed by atoms with E-state index in [1.54, 1.807) is 38.3 Å². The normalized spacial score (nSPS) is 12.1. The van der Waals surface area contributed by atoms with Gasteiger partial charge < -0.3 is 10.1 Å². The van der Waals surface area contributed by atoms with E-state index in [0.29, 0.717) is 35.4 Å². The Kier molecular flexibility index (Phi) is 5.61. The van der Waals surface area contributed by atoms with Gasteiger partial charge in [0.05, 0.1) is 30.1 Å². The Morgan fingerprint density at radius 2 is 1.93 bits per heavy atom. The molecule has 1 heterocycles. The van der Waals surface area contributed by atoms with Gasteiger partial charge >= 0.3 is 0 Å². The lowest BCUT2D eigenvalue weighted by atomic mass is 10.2. The van der Waals surface area contributed by atoms with Gasteiger partial charge in [0.15, 0.2) is 0 Å². The van der Waals surface area contributed by atoms with Gasteiger partial charge in [-0.05, 0) is 43.3 Å². The Morgan fingerprint density at radius 3 is 2.63 bits per heavy atom. The highest BCUT2D eigenvalue weighted by atomic mass is 19.1. The van der Waals surface area contributed by atoms with E-state index in [4.69, 9.17) is 4.74 Å². The third-order valence-corrected chi connectivity index (χ3v) is 4.25. The van der Waals surface area contributed by atoms with Crippen LogP contribution in [0.4, 0.5) is 4.39 Å². The first kappa shape index (κ1) is 18.7. The van der Waals surface area contributed by atoms with Crippen LogP contribution in [0.1, 0.15) is 29.1 Å². The van der Waals surface area contributed by atoms with Gasteiger partial charge in [0.1, 0.15) is 11.6 Å². The maximum atomic E-state index is 13.1. The van der Waals surface area contributed by atoms with Crippen molar-refractivity contribution in [2.45, 2.75) is 19.5 Å². The number of rotatable bonds is 6. The quantitative estimate of drug-likeness (QED) is 0.725. The van der Waals surface area contributed by atoms with E-state index in [2.05, 4.69) is 10.3 Å². The second kappa shape index (κ2) is 8.09. The monoisotopic (exact) mass is 369 g/mol. The van der Waals surface area contributed by atoms with Gasteiger partial charge in [0.2, 0.25) is 0 Å². The van der Waals surface area contributed by atoms with Crippen LogP contribution in [0.3, 0.4) is 0 Å². The molecular formula is C20H20FN3O3. The zero-order chi connectivity index (χ0) is 19.4. The molecule has 0 aliphatic carbocycles. The smallest absolute Gasteiger partial charge is 0.261 e. The second-order valence-corrected chi connectivity index (χ2v) is 6.14. The predicted molar refractivity (Wildman–Crippen MR) is 100 cm³/mol. The summed E-state index contributed by atoms with van der Waals surface area (Å²) in [5, 5.41) is 3.32. The first-order chi connectivity index (χ1) is 13.0. The lowest BCUT2D eigenvalue weighted by Crippen LogP contribution is -2.34. The van der Waals surface area contributed by atoms with E-state index in [0.717, 1.165) is 0 Å². The zero-order valence-electron chi connectivity index (χ0n) is 15.1. The molecule has 0 fully saturated rings. The molecule has 1 aromatic heterocycles. The molecule has 0 saturated heterocycles. The van der Waals surface area contributed by atoms with E-state index in [-0.39, 0.29) is 11.5 Å². The third-order valence-electron chi connectivity index (χ3n) is 4.25. The van der Waals surface area contributed by atoms with Crippen LogP contribution < -0.4 is 10.9 Å². The summed E-state index contributed by atoms with van der Waals surface area (Å²) in [6.45, 7) is 2.41. The average molecular weight is 369 g/mol. The average Bonchev–Trinajstić information content (AvgIpc) is 2.67. The molecule has 2 aromatic carbocycles. The number of hydrogen-bond acceptors (Lipinski definition) is 4. The molecule has 0 saturated carbocycles.